The molecular formula is C16H22N2O6. The maximum atomic E-state index is 11.7. The molecular weight excluding hydrogens is 316 g/mol. The molecule has 0 amide bonds. The van der Waals surface area contributed by atoms with Gasteiger partial charge in [0.15, 0.2) is 6.10 Å². The van der Waals surface area contributed by atoms with Gasteiger partial charge in [-0.15, -0.1) is 0 Å². The van der Waals surface area contributed by atoms with Gasteiger partial charge < -0.3 is 23.7 Å². The van der Waals surface area contributed by atoms with Crippen LogP contribution in [0.1, 0.15) is 20.3 Å². The number of aromatic nitrogens is 2. The number of carbonyl (C=O) groups is 1. The maximum Gasteiger partial charge on any atom is 0.508 e. The molecule has 0 spiro atoms. The Hall–Kier alpha value is -2.51. The van der Waals surface area contributed by atoms with Gasteiger partial charge in [-0.1, -0.05) is 13.0 Å². The summed E-state index contributed by atoms with van der Waals surface area (Å²) in [6.45, 7) is 3.93. The Kier molecular flexibility index (Phi) is 6.22. The van der Waals surface area contributed by atoms with Gasteiger partial charge >= 0.3 is 12.2 Å². The van der Waals surface area contributed by atoms with Gasteiger partial charge in [-0.25, -0.2) is 4.79 Å². The first-order chi connectivity index (χ1) is 11.6. The van der Waals surface area contributed by atoms with Gasteiger partial charge in [0.1, 0.15) is 6.10 Å². The van der Waals surface area contributed by atoms with Crippen molar-refractivity contribution in [3.63, 3.8) is 0 Å². The second-order valence-corrected chi connectivity index (χ2v) is 5.22. The molecule has 132 valence electrons. The zero-order valence-corrected chi connectivity index (χ0v) is 14.2. The number of methoxy groups -OCH3 is 2. The van der Waals surface area contributed by atoms with E-state index in [-0.39, 0.29) is 18.5 Å². The molecule has 1 aliphatic rings. The molecule has 24 heavy (non-hydrogen) atoms. The molecule has 3 unspecified atom stereocenters. The topological polar surface area (TPSA) is 89.0 Å². The zero-order valence-electron chi connectivity index (χ0n) is 14.2. The monoisotopic (exact) mass is 338 g/mol. The van der Waals surface area contributed by atoms with Crippen molar-refractivity contribution in [2.24, 2.45) is 5.92 Å². The molecule has 0 bridgehead atoms. The normalized spacial score (nSPS) is 22.6. The van der Waals surface area contributed by atoms with Crippen LogP contribution in [0.2, 0.25) is 0 Å². The molecule has 0 N–H and O–H groups in total. The number of ether oxygens (including phenoxy) is 5. The predicted octanol–water partition coefficient (Wildman–Crippen LogP) is 2.38. The maximum absolute atomic E-state index is 11.7. The summed E-state index contributed by atoms with van der Waals surface area (Å²) in [5, 5.41) is 0. The van der Waals surface area contributed by atoms with E-state index in [1.54, 1.807) is 13.0 Å². The van der Waals surface area contributed by atoms with Crippen molar-refractivity contribution in [2.75, 3.05) is 20.8 Å². The number of hydrogen-bond donors (Lipinski definition) is 0. The van der Waals surface area contributed by atoms with Gasteiger partial charge in [-0.3, -0.25) is 0 Å². The molecule has 8 heteroatoms. The second kappa shape index (κ2) is 8.37. The highest BCUT2D eigenvalue weighted by atomic mass is 16.7. The number of carbonyl (C=O) groups excluding carboxylic acids is 1. The first kappa shape index (κ1) is 17.8. The van der Waals surface area contributed by atoms with Gasteiger partial charge in [0.2, 0.25) is 11.8 Å². The summed E-state index contributed by atoms with van der Waals surface area (Å²) in [6, 6.07) is 1.62. The van der Waals surface area contributed by atoms with E-state index in [9.17, 15) is 4.79 Å². The van der Waals surface area contributed by atoms with E-state index < -0.39 is 18.4 Å². The first-order valence-electron chi connectivity index (χ1n) is 7.71. The fourth-order valence-corrected chi connectivity index (χ4v) is 2.31. The third kappa shape index (κ3) is 4.50. The lowest BCUT2D eigenvalue weighted by Crippen LogP contribution is -2.41. The number of rotatable bonds is 6. The molecule has 0 fully saturated rings. The van der Waals surface area contributed by atoms with Crippen LogP contribution in [0.5, 0.6) is 17.8 Å². The molecule has 1 aromatic heterocycles. The molecule has 0 saturated carbocycles. The fraction of sp³-hybridized carbons (Fsp3) is 0.562. The highest BCUT2D eigenvalue weighted by Crippen LogP contribution is 2.27. The summed E-state index contributed by atoms with van der Waals surface area (Å²) in [5.74, 6) is 0.692. The average Bonchev–Trinajstić information content (AvgIpc) is 2.57. The van der Waals surface area contributed by atoms with Crippen LogP contribution in [-0.4, -0.2) is 49.2 Å². The van der Waals surface area contributed by atoms with Crippen molar-refractivity contribution in [3.8, 4) is 17.8 Å². The zero-order chi connectivity index (χ0) is 17.5. The lowest BCUT2D eigenvalue weighted by molar-refractivity contribution is -0.0357. The van der Waals surface area contributed by atoms with E-state index in [1.165, 1.54) is 14.2 Å². The molecule has 1 aliphatic carbocycles. The van der Waals surface area contributed by atoms with Crippen molar-refractivity contribution < 1.29 is 28.5 Å². The minimum absolute atomic E-state index is 0.0666. The smallest absolute Gasteiger partial charge is 0.481 e. The molecule has 2 rings (SSSR count). The van der Waals surface area contributed by atoms with Gasteiger partial charge in [-0.05, 0) is 19.4 Å². The average molecular weight is 338 g/mol. The van der Waals surface area contributed by atoms with Crippen LogP contribution in [0, 0.1) is 5.92 Å². The first-order valence-corrected chi connectivity index (χ1v) is 7.71. The third-order valence-corrected chi connectivity index (χ3v) is 3.53. The number of allylic oxidation sites excluding steroid dienone is 1. The Morgan fingerprint density at radius 1 is 1.25 bits per heavy atom. The van der Waals surface area contributed by atoms with Crippen molar-refractivity contribution in [2.45, 2.75) is 32.5 Å². The van der Waals surface area contributed by atoms with Crippen molar-refractivity contribution in [1.29, 1.82) is 0 Å². The minimum Gasteiger partial charge on any atom is -0.481 e. The van der Waals surface area contributed by atoms with Crippen LogP contribution in [0.4, 0.5) is 4.79 Å². The van der Waals surface area contributed by atoms with Crippen LogP contribution >= 0.6 is 0 Å². The van der Waals surface area contributed by atoms with Crippen LogP contribution in [0.3, 0.4) is 0 Å². The number of hydrogen-bond acceptors (Lipinski definition) is 8. The van der Waals surface area contributed by atoms with E-state index in [1.807, 2.05) is 19.1 Å². The molecule has 0 radical (unpaired) electrons. The van der Waals surface area contributed by atoms with E-state index in [0.29, 0.717) is 11.8 Å². The Balaban J connectivity index is 2.17. The Labute approximate surface area is 140 Å². The van der Waals surface area contributed by atoms with Crippen molar-refractivity contribution in [3.05, 3.63) is 18.2 Å². The van der Waals surface area contributed by atoms with Crippen molar-refractivity contribution in [1.82, 2.24) is 9.97 Å². The summed E-state index contributed by atoms with van der Waals surface area (Å²) in [7, 11) is 2.97. The molecule has 0 aliphatic heterocycles. The summed E-state index contributed by atoms with van der Waals surface area (Å²) < 4.78 is 26.2. The predicted molar refractivity (Wildman–Crippen MR) is 84.4 cm³/mol. The molecule has 1 aromatic rings. The van der Waals surface area contributed by atoms with E-state index in [2.05, 4.69) is 9.97 Å². The van der Waals surface area contributed by atoms with Gasteiger partial charge in [-0.2, -0.15) is 9.97 Å². The molecule has 0 saturated heterocycles. The summed E-state index contributed by atoms with van der Waals surface area (Å²) in [5.41, 5.74) is 0. The summed E-state index contributed by atoms with van der Waals surface area (Å²) in [4.78, 5) is 19.9. The standard InChI is InChI=1S/C16H22N2O6/c1-5-22-16(19)24-14-10(2)7-6-8-11(14)23-15-17-12(20-3)9-13(18-15)21-4/h6,8-11,14H,5,7H2,1-4H3. The number of nitrogens with zero attached hydrogens (tertiary/aromatic N) is 2. The highest BCUT2D eigenvalue weighted by Gasteiger charge is 2.34. The lowest BCUT2D eigenvalue weighted by atomic mass is 9.91. The van der Waals surface area contributed by atoms with Crippen LogP contribution in [-0.2, 0) is 9.47 Å². The van der Waals surface area contributed by atoms with E-state index in [0.717, 1.165) is 6.42 Å². The van der Waals surface area contributed by atoms with Crippen LogP contribution in [0.25, 0.3) is 0 Å². The van der Waals surface area contributed by atoms with Gasteiger partial charge in [0, 0.05) is 5.92 Å². The van der Waals surface area contributed by atoms with Gasteiger partial charge in [0.05, 0.1) is 26.9 Å². The summed E-state index contributed by atoms with van der Waals surface area (Å²) >= 11 is 0. The van der Waals surface area contributed by atoms with Crippen LogP contribution < -0.4 is 14.2 Å². The molecule has 3 atom stereocenters. The van der Waals surface area contributed by atoms with Crippen molar-refractivity contribution >= 4 is 6.16 Å². The Morgan fingerprint density at radius 2 is 1.92 bits per heavy atom. The quantitative estimate of drug-likeness (QED) is 0.577. The molecule has 0 aromatic carbocycles. The Bertz CT molecular complexity index is 570. The largest absolute Gasteiger partial charge is 0.508 e. The van der Waals surface area contributed by atoms with E-state index >= 15 is 0 Å². The Morgan fingerprint density at radius 3 is 2.50 bits per heavy atom. The van der Waals surface area contributed by atoms with E-state index in [4.69, 9.17) is 23.7 Å². The molecule has 1 heterocycles. The van der Waals surface area contributed by atoms with Gasteiger partial charge in [0.25, 0.3) is 0 Å². The third-order valence-electron chi connectivity index (χ3n) is 3.53. The fourth-order valence-electron chi connectivity index (χ4n) is 2.31. The summed E-state index contributed by atoms with van der Waals surface area (Å²) in [6.07, 6.45) is 2.80. The minimum atomic E-state index is -0.720. The highest BCUT2D eigenvalue weighted by molar-refractivity contribution is 5.60. The SMILES string of the molecule is CCOC(=O)OC1C(C)CC=CC1Oc1nc(OC)cc(OC)n1. The molecule has 8 nitrogen and oxygen atoms in total. The van der Waals surface area contributed by atoms with Crippen LogP contribution in [0.15, 0.2) is 18.2 Å². The lowest BCUT2D eigenvalue weighted by Gasteiger charge is -2.31. The second-order valence-electron chi connectivity index (χ2n) is 5.22.